The van der Waals surface area contributed by atoms with Crippen LogP contribution in [0.5, 0.6) is 0 Å². The monoisotopic (exact) mass is 411 g/mol. The number of hydrogen-bond acceptors (Lipinski definition) is 2. The fraction of sp³-hybridized carbons (Fsp3) is 0.333. The number of hydrogen-bond donors (Lipinski definition) is 1. The Morgan fingerprint density at radius 1 is 0.852 bits per heavy atom. The van der Waals surface area contributed by atoms with Crippen LogP contribution in [0.25, 0.3) is 0 Å². The summed E-state index contributed by atoms with van der Waals surface area (Å²) in [5.41, 5.74) is -4.92. The van der Waals surface area contributed by atoms with Gasteiger partial charge in [-0.05, 0) is 36.8 Å². The zero-order valence-electron chi connectivity index (χ0n) is 14.1. The van der Waals surface area contributed by atoms with Crippen LogP contribution in [0.1, 0.15) is 18.1 Å². The maximum Gasteiger partial charge on any atom is 0.430 e. The van der Waals surface area contributed by atoms with Crippen LogP contribution in [0.3, 0.4) is 0 Å². The van der Waals surface area contributed by atoms with Crippen molar-refractivity contribution in [2.45, 2.75) is 31.4 Å². The molecule has 148 valence electrons. The lowest BCUT2D eigenvalue weighted by molar-refractivity contribution is -0.376. The first-order valence-corrected chi connectivity index (χ1v) is 8.23. The Kier molecular flexibility index (Phi) is 6.01. The van der Waals surface area contributed by atoms with E-state index in [1.54, 1.807) is 36.1 Å². The van der Waals surface area contributed by atoms with Crippen molar-refractivity contribution in [2.75, 3.05) is 11.4 Å². The van der Waals surface area contributed by atoms with Crippen molar-refractivity contribution in [3.05, 3.63) is 64.7 Å². The number of nitrogens with zero attached hydrogens (tertiary/aromatic N) is 1. The maximum atomic E-state index is 12.9. The van der Waals surface area contributed by atoms with Crippen molar-refractivity contribution >= 4 is 17.3 Å². The maximum absolute atomic E-state index is 12.9. The van der Waals surface area contributed by atoms with E-state index in [-0.39, 0.29) is 0 Å². The Morgan fingerprint density at radius 3 is 1.74 bits per heavy atom. The summed E-state index contributed by atoms with van der Waals surface area (Å²) in [5.74, 6) is 0. The predicted molar refractivity (Wildman–Crippen MR) is 90.6 cm³/mol. The summed E-state index contributed by atoms with van der Waals surface area (Å²) in [6.45, 7) is 2.65. The van der Waals surface area contributed by atoms with Crippen LogP contribution in [-0.4, -0.2) is 24.0 Å². The molecule has 2 rings (SSSR count). The van der Waals surface area contributed by atoms with Crippen LogP contribution in [0, 0.1) is 0 Å². The topological polar surface area (TPSA) is 23.5 Å². The number of anilines is 1. The molecule has 0 aliphatic rings. The van der Waals surface area contributed by atoms with Gasteiger partial charge in [0.1, 0.15) is 0 Å². The Morgan fingerprint density at radius 2 is 1.33 bits per heavy atom. The van der Waals surface area contributed by atoms with Gasteiger partial charge < -0.3 is 10.0 Å². The van der Waals surface area contributed by atoms with Gasteiger partial charge in [-0.15, -0.1) is 0 Å². The average Bonchev–Trinajstić information content (AvgIpc) is 2.59. The van der Waals surface area contributed by atoms with Crippen molar-refractivity contribution in [3.8, 4) is 0 Å². The lowest BCUT2D eigenvalue weighted by Crippen LogP contribution is -2.53. The van der Waals surface area contributed by atoms with E-state index >= 15 is 0 Å². The van der Waals surface area contributed by atoms with Crippen LogP contribution < -0.4 is 4.90 Å². The Hall–Kier alpha value is -1.93. The third-order valence-corrected chi connectivity index (χ3v) is 4.39. The fourth-order valence-corrected chi connectivity index (χ4v) is 2.72. The molecule has 0 amide bonds. The first-order chi connectivity index (χ1) is 12.4. The zero-order chi connectivity index (χ0) is 20.5. The van der Waals surface area contributed by atoms with E-state index in [1.165, 1.54) is 0 Å². The third kappa shape index (κ3) is 4.32. The Labute approximate surface area is 157 Å². The summed E-state index contributed by atoms with van der Waals surface area (Å²) in [7, 11) is 0. The van der Waals surface area contributed by atoms with Crippen molar-refractivity contribution < 1.29 is 31.4 Å². The van der Waals surface area contributed by atoms with Gasteiger partial charge in [0.15, 0.2) is 0 Å². The molecule has 0 aliphatic heterocycles. The van der Waals surface area contributed by atoms with E-state index in [0.29, 0.717) is 35.9 Å². The molecule has 27 heavy (non-hydrogen) atoms. The van der Waals surface area contributed by atoms with E-state index in [0.717, 1.165) is 17.7 Å². The highest BCUT2D eigenvalue weighted by atomic mass is 35.5. The number of rotatable bonds is 5. The van der Waals surface area contributed by atoms with Gasteiger partial charge in [-0.25, -0.2) is 0 Å². The SMILES string of the molecule is CCN(Cc1ccc(Cl)cc1)c1ccc(C(O)(C(F)(F)F)C(F)(F)F)cc1. The van der Waals surface area contributed by atoms with Gasteiger partial charge in [-0.2, -0.15) is 26.3 Å². The standard InChI is InChI=1S/C18H16ClF6NO/c1-2-26(11-12-3-7-14(19)8-4-12)15-9-5-13(6-10-15)16(27,17(20,21)22)18(23,24)25/h3-10,27H,2,11H2,1H3. The number of alkyl halides is 6. The third-order valence-electron chi connectivity index (χ3n) is 4.14. The first kappa shape index (κ1) is 21.4. The van der Waals surface area contributed by atoms with E-state index < -0.39 is 23.5 Å². The molecule has 0 aliphatic carbocycles. The van der Waals surface area contributed by atoms with Gasteiger partial charge in [0.05, 0.1) is 0 Å². The number of aliphatic hydroxyl groups is 1. The molecule has 0 saturated carbocycles. The van der Waals surface area contributed by atoms with Gasteiger partial charge in [0.25, 0.3) is 5.60 Å². The zero-order valence-corrected chi connectivity index (χ0v) is 14.8. The molecule has 0 heterocycles. The minimum atomic E-state index is -5.90. The summed E-state index contributed by atoms with van der Waals surface area (Å²) >= 11 is 5.81. The highest BCUT2D eigenvalue weighted by molar-refractivity contribution is 6.30. The van der Waals surface area contributed by atoms with E-state index in [9.17, 15) is 31.4 Å². The summed E-state index contributed by atoms with van der Waals surface area (Å²) < 4.78 is 77.6. The van der Waals surface area contributed by atoms with E-state index in [1.807, 2.05) is 0 Å². The largest absolute Gasteiger partial charge is 0.430 e. The Balaban J connectivity index is 2.32. The molecule has 0 saturated heterocycles. The summed E-state index contributed by atoms with van der Waals surface area (Å²) in [4.78, 5) is 1.76. The van der Waals surface area contributed by atoms with Crippen LogP contribution >= 0.6 is 11.6 Å². The molecule has 9 heteroatoms. The molecule has 0 unspecified atom stereocenters. The molecule has 2 aromatic carbocycles. The van der Waals surface area contributed by atoms with Crippen molar-refractivity contribution in [1.82, 2.24) is 0 Å². The Bertz CT molecular complexity index is 741. The summed E-state index contributed by atoms with van der Waals surface area (Å²) in [6.07, 6.45) is -11.8. The molecule has 0 radical (unpaired) electrons. The molecule has 2 nitrogen and oxygen atoms in total. The molecular formula is C18H16ClF6NO. The van der Waals surface area contributed by atoms with Gasteiger partial charge in [0.2, 0.25) is 0 Å². The van der Waals surface area contributed by atoms with Crippen molar-refractivity contribution in [1.29, 1.82) is 0 Å². The number of benzene rings is 2. The first-order valence-electron chi connectivity index (χ1n) is 7.86. The highest BCUT2D eigenvalue weighted by Crippen LogP contribution is 2.50. The van der Waals surface area contributed by atoms with Crippen molar-refractivity contribution in [3.63, 3.8) is 0 Å². The smallest absolute Gasteiger partial charge is 0.369 e. The highest BCUT2D eigenvalue weighted by Gasteiger charge is 2.71. The summed E-state index contributed by atoms with van der Waals surface area (Å²) in [6, 6.07) is 10.4. The van der Waals surface area contributed by atoms with Gasteiger partial charge in [-0.3, -0.25) is 0 Å². The molecular weight excluding hydrogens is 396 g/mol. The van der Waals surface area contributed by atoms with E-state index in [4.69, 9.17) is 11.6 Å². The molecule has 0 atom stereocenters. The quantitative estimate of drug-likeness (QED) is 0.640. The van der Waals surface area contributed by atoms with Gasteiger partial charge in [-0.1, -0.05) is 35.9 Å². The lowest BCUT2D eigenvalue weighted by atomic mass is 9.92. The normalized spacial score (nSPS) is 12.9. The second-order valence-corrected chi connectivity index (χ2v) is 6.33. The molecule has 0 bridgehead atoms. The second kappa shape index (κ2) is 7.59. The van der Waals surface area contributed by atoms with Crippen LogP contribution in [0.4, 0.5) is 32.0 Å². The molecule has 0 aromatic heterocycles. The van der Waals surface area contributed by atoms with Crippen LogP contribution in [0.2, 0.25) is 5.02 Å². The lowest BCUT2D eigenvalue weighted by Gasteiger charge is -2.33. The molecule has 0 spiro atoms. The van der Waals surface area contributed by atoms with Gasteiger partial charge >= 0.3 is 12.4 Å². The van der Waals surface area contributed by atoms with E-state index in [2.05, 4.69) is 0 Å². The number of halogens is 7. The second-order valence-electron chi connectivity index (χ2n) is 5.89. The fourth-order valence-electron chi connectivity index (χ4n) is 2.60. The van der Waals surface area contributed by atoms with Crippen LogP contribution in [-0.2, 0) is 12.1 Å². The molecule has 0 fully saturated rings. The predicted octanol–water partition coefficient (Wildman–Crippen LogP) is 5.68. The minimum absolute atomic E-state index is 0.385. The van der Waals surface area contributed by atoms with Gasteiger partial charge in [0, 0.05) is 29.4 Å². The average molecular weight is 412 g/mol. The summed E-state index contributed by atoms with van der Waals surface area (Å²) in [5, 5.41) is 9.97. The molecule has 1 N–H and O–H groups in total. The molecule has 2 aromatic rings. The minimum Gasteiger partial charge on any atom is -0.369 e. The van der Waals surface area contributed by atoms with Crippen LogP contribution in [0.15, 0.2) is 48.5 Å². The van der Waals surface area contributed by atoms with Crippen molar-refractivity contribution in [2.24, 2.45) is 0 Å².